The number of nitrogens with zero attached hydrogens (tertiary/aromatic N) is 6. The molecule has 0 aliphatic carbocycles. The predicted octanol–water partition coefficient (Wildman–Crippen LogP) is 5.99. The average Bonchev–Trinajstić information content (AvgIpc) is 3.13. The van der Waals surface area contributed by atoms with Crippen LogP contribution in [-0.4, -0.2) is 65.7 Å². The highest BCUT2D eigenvalue weighted by Gasteiger charge is 2.27. The molecular formula is C41H47N7O5. The first-order valence-corrected chi connectivity index (χ1v) is 17.5. The normalized spacial score (nSPS) is 12.0. The molecule has 4 aromatic heterocycles. The summed E-state index contributed by atoms with van der Waals surface area (Å²) >= 11 is 0. The molecule has 1 aromatic carbocycles. The number of esters is 1. The fourth-order valence-corrected chi connectivity index (χ4v) is 5.91. The average molecular weight is 718 g/mol. The number of benzene rings is 1. The highest BCUT2D eigenvalue weighted by molar-refractivity contribution is 5.81. The van der Waals surface area contributed by atoms with E-state index in [4.69, 9.17) is 9.47 Å². The molecule has 12 heteroatoms. The van der Waals surface area contributed by atoms with Gasteiger partial charge in [-0.25, -0.2) is 9.59 Å². The van der Waals surface area contributed by atoms with Gasteiger partial charge in [-0.3, -0.25) is 29.7 Å². The van der Waals surface area contributed by atoms with Gasteiger partial charge in [0.15, 0.2) is 0 Å². The molecule has 53 heavy (non-hydrogen) atoms. The number of aromatic hydroxyl groups is 1. The SMILES string of the molecule is COC(=O)[C@H](Cc1cc(CN(Cc2ccccn2)Cc2ccccn2)c(O)c(CN(Cc2ccccn2)Cc2ccccn2)c1)NC(=O)OC(C)(C)C. The van der Waals surface area contributed by atoms with Gasteiger partial charge in [0, 0.05) is 81.6 Å². The van der Waals surface area contributed by atoms with Crippen LogP contribution in [0.15, 0.2) is 110 Å². The molecule has 4 heterocycles. The van der Waals surface area contributed by atoms with Crippen molar-refractivity contribution in [1.29, 1.82) is 0 Å². The molecule has 0 saturated heterocycles. The Morgan fingerprint density at radius 2 is 1.08 bits per heavy atom. The lowest BCUT2D eigenvalue weighted by molar-refractivity contribution is -0.143. The van der Waals surface area contributed by atoms with Crippen molar-refractivity contribution in [3.05, 3.63) is 149 Å². The van der Waals surface area contributed by atoms with E-state index in [1.165, 1.54) is 7.11 Å². The second kappa shape index (κ2) is 18.7. The first-order valence-electron chi connectivity index (χ1n) is 17.5. The number of pyridine rings is 4. The molecule has 5 rings (SSSR count). The van der Waals surface area contributed by atoms with Crippen LogP contribution in [-0.2, 0) is 60.0 Å². The molecule has 5 aromatic rings. The van der Waals surface area contributed by atoms with E-state index in [9.17, 15) is 14.7 Å². The summed E-state index contributed by atoms with van der Waals surface area (Å²) in [6, 6.07) is 25.8. The van der Waals surface area contributed by atoms with Crippen LogP contribution >= 0.6 is 0 Å². The topological polar surface area (TPSA) is 143 Å². The Labute approximate surface area is 310 Å². The molecule has 0 aliphatic heterocycles. The largest absolute Gasteiger partial charge is 0.507 e. The zero-order valence-electron chi connectivity index (χ0n) is 30.7. The number of carbonyl (C=O) groups is 2. The fraction of sp³-hybridized carbons (Fsp3) is 0.317. The molecule has 12 nitrogen and oxygen atoms in total. The van der Waals surface area contributed by atoms with Crippen molar-refractivity contribution in [2.45, 2.75) is 78.1 Å². The number of rotatable bonds is 16. The van der Waals surface area contributed by atoms with Gasteiger partial charge in [0.25, 0.3) is 0 Å². The third kappa shape index (κ3) is 12.5. The number of hydrogen-bond donors (Lipinski definition) is 2. The Balaban J connectivity index is 1.53. The minimum Gasteiger partial charge on any atom is -0.507 e. The first kappa shape index (κ1) is 38.5. The Bertz CT molecular complexity index is 1700. The number of carbonyl (C=O) groups excluding carboxylic acids is 2. The van der Waals surface area contributed by atoms with E-state index in [-0.39, 0.29) is 12.2 Å². The number of nitrogens with one attached hydrogen (secondary N) is 1. The van der Waals surface area contributed by atoms with Gasteiger partial charge in [-0.2, -0.15) is 0 Å². The number of amides is 1. The summed E-state index contributed by atoms with van der Waals surface area (Å²) in [4.78, 5) is 48.4. The lowest BCUT2D eigenvalue weighted by atomic mass is 9.97. The van der Waals surface area contributed by atoms with Crippen LogP contribution in [0, 0.1) is 0 Å². The minimum atomic E-state index is -1.05. The van der Waals surface area contributed by atoms with Gasteiger partial charge in [-0.15, -0.1) is 0 Å². The molecule has 0 fully saturated rings. The maximum absolute atomic E-state index is 13.0. The Morgan fingerprint density at radius 3 is 1.40 bits per heavy atom. The minimum absolute atomic E-state index is 0.0904. The van der Waals surface area contributed by atoms with Crippen LogP contribution in [0.25, 0.3) is 0 Å². The van der Waals surface area contributed by atoms with Gasteiger partial charge in [0.1, 0.15) is 17.4 Å². The van der Waals surface area contributed by atoms with E-state index in [2.05, 4.69) is 35.1 Å². The van der Waals surface area contributed by atoms with E-state index < -0.39 is 23.7 Å². The van der Waals surface area contributed by atoms with Gasteiger partial charge in [-0.1, -0.05) is 36.4 Å². The van der Waals surface area contributed by atoms with E-state index in [1.807, 2.05) is 84.9 Å². The van der Waals surface area contributed by atoms with Gasteiger partial charge in [0.05, 0.1) is 29.9 Å². The van der Waals surface area contributed by atoms with Crippen molar-refractivity contribution in [3.63, 3.8) is 0 Å². The van der Waals surface area contributed by atoms with E-state index in [1.54, 1.807) is 45.6 Å². The number of methoxy groups -OCH3 is 1. The Morgan fingerprint density at radius 1 is 0.679 bits per heavy atom. The second-order valence-electron chi connectivity index (χ2n) is 13.8. The number of phenols is 1. The van der Waals surface area contributed by atoms with Gasteiger partial charge >= 0.3 is 12.1 Å². The van der Waals surface area contributed by atoms with Crippen LogP contribution in [0.4, 0.5) is 4.79 Å². The maximum Gasteiger partial charge on any atom is 0.408 e. The summed E-state index contributed by atoms with van der Waals surface area (Å²) in [7, 11) is 1.28. The van der Waals surface area contributed by atoms with E-state index >= 15 is 0 Å². The molecule has 2 N–H and O–H groups in total. The van der Waals surface area contributed by atoms with Crippen LogP contribution in [0.1, 0.15) is 60.2 Å². The third-order valence-corrected chi connectivity index (χ3v) is 8.18. The van der Waals surface area contributed by atoms with Crippen molar-refractivity contribution in [2.75, 3.05) is 7.11 Å². The molecule has 0 aliphatic rings. The molecule has 0 radical (unpaired) electrons. The molecule has 0 spiro atoms. The Hall–Kier alpha value is -5.72. The number of aromatic nitrogens is 4. The van der Waals surface area contributed by atoms with Crippen LogP contribution in [0.2, 0.25) is 0 Å². The second-order valence-corrected chi connectivity index (χ2v) is 13.8. The fourth-order valence-electron chi connectivity index (χ4n) is 5.91. The zero-order valence-corrected chi connectivity index (χ0v) is 30.7. The number of alkyl carbamates (subject to hydrolysis) is 1. The lowest BCUT2D eigenvalue weighted by Crippen LogP contribution is -2.45. The van der Waals surface area contributed by atoms with E-state index in [0.29, 0.717) is 56.0 Å². The lowest BCUT2D eigenvalue weighted by Gasteiger charge is -2.26. The van der Waals surface area contributed by atoms with Gasteiger partial charge in [0.2, 0.25) is 0 Å². The molecule has 0 saturated carbocycles. The first-order chi connectivity index (χ1) is 25.5. The smallest absolute Gasteiger partial charge is 0.408 e. The summed E-state index contributed by atoms with van der Waals surface area (Å²) in [6.45, 7) is 7.90. The van der Waals surface area contributed by atoms with Crippen molar-refractivity contribution >= 4 is 12.1 Å². The summed E-state index contributed by atoms with van der Waals surface area (Å²) in [5.74, 6) is -0.492. The summed E-state index contributed by atoms with van der Waals surface area (Å²) < 4.78 is 10.6. The maximum atomic E-state index is 13.0. The van der Waals surface area contributed by atoms with Crippen LogP contribution in [0.5, 0.6) is 5.75 Å². The van der Waals surface area contributed by atoms with Crippen molar-refractivity contribution < 1.29 is 24.2 Å². The predicted molar refractivity (Wildman–Crippen MR) is 200 cm³/mol. The molecule has 0 unspecified atom stereocenters. The van der Waals surface area contributed by atoms with Crippen molar-refractivity contribution in [3.8, 4) is 5.75 Å². The number of hydrogen-bond acceptors (Lipinski definition) is 11. The summed E-state index contributed by atoms with van der Waals surface area (Å²) in [5, 5.41) is 14.7. The van der Waals surface area contributed by atoms with Crippen molar-refractivity contribution in [1.82, 2.24) is 35.1 Å². The zero-order chi connectivity index (χ0) is 37.6. The summed E-state index contributed by atoms with van der Waals surface area (Å²) in [6.07, 6.45) is 6.38. The third-order valence-electron chi connectivity index (χ3n) is 8.18. The standard InChI is InChI=1S/C41H47N7O5/c1-41(2,3)53-40(51)46-37(39(50)52-4)23-30-21-31(24-47(26-33-13-5-9-17-42-33)27-34-14-6-10-18-43-34)38(49)32(22-30)25-48(28-35-15-7-11-19-44-35)29-36-16-8-12-20-45-36/h5-22,37,49H,23-29H2,1-4H3,(H,46,51)/t37-/m0/s1. The number of ether oxygens (including phenoxy) is 2. The van der Waals surface area contributed by atoms with Gasteiger partial charge in [-0.05, 0) is 74.9 Å². The highest BCUT2D eigenvalue weighted by Crippen LogP contribution is 2.30. The molecule has 1 amide bonds. The molecule has 1 atom stereocenters. The molecule has 276 valence electrons. The summed E-state index contributed by atoms with van der Waals surface area (Å²) in [5.41, 5.74) is 4.69. The highest BCUT2D eigenvalue weighted by atomic mass is 16.6. The van der Waals surface area contributed by atoms with Gasteiger partial charge < -0.3 is 19.9 Å². The molecule has 0 bridgehead atoms. The monoisotopic (exact) mass is 717 g/mol. The van der Waals surface area contributed by atoms with Crippen LogP contribution < -0.4 is 5.32 Å². The van der Waals surface area contributed by atoms with E-state index in [0.717, 1.165) is 22.8 Å². The van der Waals surface area contributed by atoms with Crippen molar-refractivity contribution in [2.24, 2.45) is 0 Å². The number of phenolic OH excluding ortho intramolecular Hbond substituents is 1. The Kier molecular flexibility index (Phi) is 13.6. The molecular weight excluding hydrogens is 670 g/mol. The quantitative estimate of drug-likeness (QED) is 0.116. The van der Waals surface area contributed by atoms with Crippen LogP contribution in [0.3, 0.4) is 0 Å².